The lowest BCUT2D eigenvalue weighted by Gasteiger charge is -2.28. The number of aliphatic carboxylic acids is 1. The first-order valence-corrected chi connectivity index (χ1v) is 9.03. The Balaban J connectivity index is 1.99. The monoisotopic (exact) mass is 359 g/mol. The molecule has 7 nitrogen and oxygen atoms in total. The first-order chi connectivity index (χ1) is 12.4. The van der Waals surface area contributed by atoms with Crippen molar-refractivity contribution in [2.45, 2.75) is 52.6 Å². The van der Waals surface area contributed by atoms with Gasteiger partial charge in [-0.25, -0.2) is 4.79 Å². The summed E-state index contributed by atoms with van der Waals surface area (Å²) in [6.45, 7) is 6.19. The lowest BCUT2D eigenvalue weighted by atomic mass is 9.90. The van der Waals surface area contributed by atoms with Crippen molar-refractivity contribution >= 4 is 24.1 Å². The third kappa shape index (κ3) is 3.38. The Hall–Kier alpha value is -2.57. The predicted molar refractivity (Wildman–Crippen MR) is 97.0 cm³/mol. The maximum absolute atomic E-state index is 12.7. The summed E-state index contributed by atoms with van der Waals surface area (Å²) >= 11 is 0. The van der Waals surface area contributed by atoms with Crippen molar-refractivity contribution in [1.82, 2.24) is 9.80 Å². The van der Waals surface area contributed by atoms with E-state index in [1.54, 1.807) is 9.80 Å². The molecule has 7 heteroatoms. The molecule has 26 heavy (non-hydrogen) atoms. The highest BCUT2D eigenvalue weighted by Crippen LogP contribution is 2.37. The van der Waals surface area contributed by atoms with Crippen LogP contribution in [-0.2, 0) is 29.1 Å². The van der Waals surface area contributed by atoms with Gasteiger partial charge in [0.05, 0.1) is 6.42 Å². The number of nitrogens with one attached hydrogen (secondary N) is 1. The number of anilines is 1. The van der Waals surface area contributed by atoms with Crippen molar-refractivity contribution < 1.29 is 19.5 Å². The number of amides is 3. The van der Waals surface area contributed by atoms with Gasteiger partial charge in [0.2, 0.25) is 6.41 Å². The molecule has 3 amide bonds. The number of carbonyl (C=O) groups excluding carboxylic acids is 2. The van der Waals surface area contributed by atoms with Crippen molar-refractivity contribution in [3.05, 3.63) is 27.8 Å². The van der Waals surface area contributed by atoms with Gasteiger partial charge in [0.25, 0.3) is 0 Å². The van der Waals surface area contributed by atoms with Gasteiger partial charge in [0, 0.05) is 31.9 Å². The van der Waals surface area contributed by atoms with Crippen LogP contribution in [-0.4, -0.2) is 46.4 Å². The Morgan fingerprint density at radius 3 is 2.27 bits per heavy atom. The van der Waals surface area contributed by atoms with Crippen LogP contribution in [0.3, 0.4) is 0 Å². The molecule has 140 valence electrons. The average Bonchev–Trinajstić information content (AvgIpc) is 3.08. The summed E-state index contributed by atoms with van der Waals surface area (Å²) in [6, 6.07) is -0.177. The second-order valence-electron chi connectivity index (χ2n) is 7.12. The van der Waals surface area contributed by atoms with E-state index in [0.717, 1.165) is 61.0 Å². The van der Waals surface area contributed by atoms with Crippen LogP contribution < -0.4 is 5.32 Å². The van der Waals surface area contributed by atoms with Gasteiger partial charge in [-0.15, -0.1) is 0 Å². The molecule has 3 rings (SSSR count). The third-order valence-electron chi connectivity index (χ3n) is 5.47. The number of carboxylic acid groups (broad SMARTS) is 1. The number of rotatable bonds is 4. The molecule has 1 aromatic carbocycles. The van der Waals surface area contributed by atoms with Crippen molar-refractivity contribution in [2.75, 3.05) is 18.4 Å². The summed E-state index contributed by atoms with van der Waals surface area (Å²) in [5, 5.41) is 12.3. The fraction of sp³-hybridized carbons (Fsp3) is 0.526. The molecule has 0 spiro atoms. The van der Waals surface area contributed by atoms with E-state index in [0.29, 0.717) is 24.3 Å². The minimum absolute atomic E-state index is 0.156. The average molecular weight is 359 g/mol. The van der Waals surface area contributed by atoms with E-state index in [-0.39, 0.29) is 12.5 Å². The van der Waals surface area contributed by atoms with E-state index in [4.69, 9.17) is 0 Å². The van der Waals surface area contributed by atoms with Gasteiger partial charge in [-0.05, 0) is 60.9 Å². The van der Waals surface area contributed by atoms with Gasteiger partial charge < -0.3 is 20.2 Å². The first kappa shape index (κ1) is 18.2. The molecule has 0 saturated carbocycles. The summed E-state index contributed by atoms with van der Waals surface area (Å²) in [6.07, 6.45) is 3.77. The van der Waals surface area contributed by atoms with Crippen LogP contribution in [0.25, 0.3) is 0 Å². The number of piperidine rings is 1. The van der Waals surface area contributed by atoms with Gasteiger partial charge in [-0.2, -0.15) is 0 Å². The SMILES string of the molecule is Cc1c2c(c(C)c(NC(=O)N3CCCCC3)c1CC(=O)O)CN(C=O)C2. The fourth-order valence-electron chi connectivity index (χ4n) is 3.99. The quantitative estimate of drug-likeness (QED) is 0.808. The number of likely N-dealkylation sites (tertiary alicyclic amines) is 1. The smallest absolute Gasteiger partial charge is 0.321 e. The van der Waals surface area contributed by atoms with E-state index in [1.807, 2.05) is 13.8 Å². The molecule has 2 heterocycles. The molecule has 0 aromatic heterocycles. The highest BCUT2D eigenvalue weighted by Gasteiger charge is 2.28. The number of urea groups is 1. The number of hydrogen-bond acceptors (Lipinski definition) is 3. The molecule has 0 atom stereocenters. The lowest BCUT2D eigenvalue weighted by molar-refractivity contribution is -0.136. The van der Waals surface area contributed by atoms with Crippen molar-refractivity contribution in [3.63, 3.8) is 0 Å². The standard InChI is InChI=1S/C19H25N3O4/c1-12-14(8-17(24)25)18(20-19(26)22-6-4-3-5-7-22)13(2)16-10-21(11-23)9-15(12)16/h11H,3-10H2,1-2H3,(H,20,26)(H,24,25). The van der Waals surface area contributed by atoms with Gasteiger partial charge in [0.15, 0.2) is 0 Å². The topological polar surface area (TPSA) is 89.9 Å². The third-order valence-corrected chi connectivity index (χ3v) is 5.47. The van der Waals surface area contributed by atoms with Crippen molar-refractivity contribution in [3.8, 4) is 0 Å². The van der Waals surface area contributed by atoms with Crippen LogP contribution in [0.15, 0.2) is 0 Å². The van der Waals surface area contributed by atoms with E-state index >= 15 is 0 Å². The summed E-state index contributed by atoms with van der Waals surface area (Å²) < 4.78 is 0. The zero-order valence-electron chi connectivity index (χ0n) is 15.3. The molecule has 1 fully saturated rings. The maximum atomic E-state index is 12.7. The maximum Gasteiger partial charge on any atom is 0.321 e. The van der Waals surface area contributed by atoms with Gasteiger partial charge in [-0.1, -0.05) is 0 Å². The molecule has 0 aliphatic carbocycles. The normalized spacial score (nSPS) is 16.4. The lowest BCUT2D eigenvalue weighted by Crippen LogP contribution is -2.39. The summed E-state index contributed by atoms with van der Waals surface area (Å²) in [5.74, 6) is -0.939. The Morgan fingerprint density at radius 2 is 1.69 bits per heavy atom. The fourth-order valence-corrected chi connectivity index (χ4v) is 3.99. The van der Waals surface area contributed by atoms with Crippen LogP contribution in [0.1, 0.15) is 47.1 Å². The molecule has 1 saturated heterocycles. The molecule has 0 unspecified atom stereocenters. The minimum atomic E-state index is -0.939. The second-order valence-corrected chi connectivity index (χ2v) is 7.12. The highest BCUT2D eigenvalue weighted by molar-refractivity contribution is 5.93. The van der Waals surface area contributed by atoms with Crippen LogP contribution in [0.4, 0.5) is 10.5 Å². The van der Waals surface area contributed by atoms with Crippen LogP contribution in [0.5, 0.6) is 0 Å². The largest absolute Gasteiger partial charge is 0.481 e. The number of nitrogens with zero attached hydrogens (tertiary/aromatic N) is 2. The van der Waals surface area contributed by atoms with Gasteiger partial charge in [-0.3, -0.25) is 9.59 Å². The van der Waals surface area contributed by atoms with Gasteiger partial charge in [0.1, 0.15) is 0 Å². The Labute approximate surface area is 153 Å². The Bertz CT molecular complexity index is 754. The number of hydrogen-bond donors (Lipinski definition) is 2. The summed E-state index contributed by atoms with van der Waals surface area (Å²) in [7, 11) is 0. The van der Waals surface area contributed by atoms with Gasteiger partial charge >= 0.3 is 12.0 Å². The molecule has 0 radical (unpaired) electrons. The van der Waals surface area contributed by atoms with Crippen LogP contribution >= 0.6 is 0 Å². The number of fused-ring (bicyclic) bond motifs is 1. The number of carboxylic acids is 1. The van der Waals surface area contributed by atoms with Crippen LogP contribution in [0, 0.1) is 13.8 Å². The van der Waals surface area contributed by atoms with E-state index in [9.17, 15) is 19.5 Å². The summed E-state index contributed by atoms with van der Waals surface area (Å²) in [4.78, 5) is 38.7. The van der Waals surface area contributed by atoms with E-state index < -0.39 is 5.97 Å². The highest BCUT2D eigenvalue weighted by atomic mass is 16.4. The molecule has 2 aliphatic heterocycles. The van der Waals surface area contributed by atoms with Crippen molar-refractivity contribution in [2.24, 2.45) is 0 Å². The van der Waals surface area contributed by atoms with E-state index in [2.05, 4.69) is 5.32 Å². The molecule has 2 aliphatic rings. The first-order valence-electron chi connectivity index (χ1n) is 9.03. The second kappa shape index (κ2) is 7.35. The molecular weight excluding hydrogens is 334 g/mol. The zero-order valence-corrected chi connectivity index (χ0v) is 15.3. The Kier molecular flexibility index (Phi) is 5.15. The Morgan fingerprint density at radius 1 is 1.08 bits per heavy atom. The number of carbonyl (C=O) groups is 3. The van der Waals surface area contributed by atoms with E-state index in [1.165, 1.54) is 0 Å². The molecular formula is C19H25N3O4. The number of benzene rings is 1. The molecule has 0 bridgehead atoms. The molecule has 2 N–H and O–H groups in total. The van der Waals surface area contributed by atoms with Crippen molar-refractivity contribution in [1.29, 1.82) is 0 Å². The van der Waals surface area contributed by atoms with Crippen LogP contribution in [0.2, 0.25) is 0 Å². The predicted octanol–water partition coefficient (Wildman–Crippen LogP) is 2.42. The summed E-state index contributed by atoms with van der Waals surface area (Å²) in [5.41, 5.74) is 4.95. The zero-order chi connectivity index (χ0) is 18.8. The molecule has 1 aromatic rings. The minimum Gasteiger partial charge on any atom is -0.481 e.